The maximum atomic E-state index is 5.89. The minimum absolute atomic E-state index is 0.928. The van der Waals surface area contributed by atoms with Crippen molar-refractivity contribution < 1.29 is 0 Å². The fourth-order valence-electron chi connectivity index (χ4n) is 1.33. The van der Waals surface area contributed by atoms with Gasteiger partial charge in [0, 0.05) is 0 Å². The molecule has 0 saturated carbocycles. The lowest BCUT2D eigenvalue weighted by atomic mass is 9.98. The summed E-state index contributed by atoms with van der Waals surface area (Å²) in [6, 6.07) is 9.32. The molecule has 12 heavy (non-hydrogen) atoms. The predicted molar refractivity (Wildman–Crippen MR) is 52.6 cm³/mol. The molecule has 1 radical (unpaired) electrons. The Kier molecular flexibility index (Phi) is 3.30. The summed E-state index contributed by atoms with van der Waals surface area (Å²) < 4.78 is 0. The van der Waals surface area contributed by atoms with Gasteiger partial charge in [0.25, 0.3) is 0 Å². The van der Waals surface area contributed by atoms with E-state index >= 15 is 0 Å². The summed E-state index contributed by atoms with van der Waals surface area (Å²) in [6.45, 7) is 4.24. The summed E-state index contributed by atoms with van der Waals surface area (Å²) in [7, 11) is 0. The second-order valence-corrected chi connectivity index (χ2v) is 2.89. The Morgan fingerprint density at radius 1 is 1.25 bits per heavy atom. The average molecular weight is 162 g/mol. The molecule has 0 aromatic heterocycles. The number of benzene rings is 1. The smallest absolute Gasteiger partial charge is 0.0634 e. The van der Waals surface area contributed by atoms with Crippen molar-refractivity contribution in [3.8, 4) is 0 Å². The van der Waals surface area contributed by atoms with Crippen molar-refractivity contribution in [2.75, 3.05) is 0 Å². The molecule has 0 bridgehead atoms. The number of rotatable bonds is 3. The van der Waals surface area contributed by atoms with E-state index in [0.717, 1.165) is 18.9 Å². The van der Waals surface area contributed by atoms with Crippen LogP contribution in [-0.2, 0) is 6.42 Å². The Bertz CT molecular complexity index is 243. The molecule has 0 amide bonds. The third kappa shape index (κ3) is 1.86. The van der Waals surface area contributed by atoms with Gasteiger partial charge in [0.2, 0.25) is 0 Å². The van der Waals surface area contributed by atoms with Crippen LogP contribution in [0.3, 0.4) is 0 Å². The number of hydrogen-bond acceptors (Lipinski definition) is 1. The van der Waals surface area contributed by atoms with Crippen LogP contribution in [-0.4, -0.2) is 0 Å². The molecule has 0 aliphatic heterocycles. The van der Waals surface area contributed by atoms with Crippen LogP contribution >= 0.6 is 0 Å². The predicted octanol–water partition coefficient (Wildman–Crippen LogP) is 2.50. The third-order valence-electron chi connectivity index (χ3n) is 2.13. The molecule has 0 heterocycles. The molecule has 0 fully saturated rings. The molecule has 1 aromatic carbocycles. The van der Waals surface area contributed by atoms with E-state index < -0.39 is 0 Å². The minimum Gasteiger partial charge on any atom is -0.320 e. The van der Waals surface area contributed by atoms with E-state index in [4.69, 9.17) is 5.73 Å². The first kappa shape index (κ1) is 9.27. The Balaban J connectivity index is 2.96. The number of aryl methyl sites for hydroxylation is 1. The Labute approximate surface area is 74.6 Å². The molecular weight excluding hydrogens is 146 g/mol. The summed E-state index contributed by atoms with van der Waals surface area (Å²) >= 11 is 0. The van der Waals surface area contributed by atoms with E-state index in [1.165, 1.54) is 11.1 Å². The van der Waals surface area contributed by atoms with E-state index in [1.54, 1.807) is 0 Å². The molecule has 2 N–H and O–H groups in total. The van der Waals surface area contributed by atoms with Gasteiger partial charge in [0.15, 0.2) is 0 Å². The molecule has 1 aromatic rings. The summed E-state index contributed by atoms with van der Waals surface area (Å²) in [6.07, 6.45) is 1.98. The number of nitrogens with two attached hydrogens (primary N) is 1. The van der Waals surface area contributed by atoms with Gasteiger partial charge in [0.05, 0.1) is 6.04 Å². The van der Waals surface area contributed by atoms with Crippen LogP contribution in [0.4, 0.5) is 0 Å². The van der Waals surface area contributed by atoms with E-state index in [1.807, 2.05) is 6.07 Å². The molecule has 1 heteroatoms. The van der Waals surface area contributed by atoms with Crippen molar-refractivity contribution >= 4 is 0 Å². The van der Waals surface area contributed by atoms with Crippen LogP contribution in [0.2, 0.25) is 0 Å². The van der Waals surface area contributed by atoms with E-state index in [-0.39, 0.29) is 0 Å². The molecule has 0 aliphatic carbocycles. The van der Waals surface area contributed by atoms with Gasteiger partial charge < -0.3 is 5.73 Å². The van der Waals surface area contributed by atoms with Gasteiger partial charge >= 0.3 is 0 Å². The zero-order valence-corrected chi connectivity index (χ0v) is 7.80. The molecule has 0 atom stereocenters. The lowest BCUT2D eigenvalue weighted by Crippen LogP contribution is -2.11. The molecule has 0 unspecified atom stereocenters. The monoisotopic (exact) mass is 162 g/mol. The molecule has 0 saturated heterocycles. The first-order valence-electron chi connectivity index (χ1n) is 4.49. The zero-order valence-electron chi connectivity index (χ0n) is 7.80. The molecular formula is C11H16N. The van der Waals surface area contributed by atoms with Gasteiger partial charge in [-0.25, -0.2) is 0 Å². The van der Waals surface area contributed by atoms with E-state index in [0.29, 0.717) is 0 Å². The van der Waals surface area contributed by atoms with E-state index in [9.17, 15) is 0 Å². The van der Waals surface area contributed by atoms with Crippen molar-refractivity contribution in [3.63, 3.8) is 0 Å². The van der Waals surface area contributed by atoms with Crippen LogP contribution in [0.5, 0.6) is 0 Å². The lowest BCUT2D eigenvalue weighted by molar-refractivity contribution is 0.905. The van der Waals surface area contributed by atoms with Gasteiger partial charge in [-0.1, -0.05) is 38.1 Å². The first-order chi connectivity index (χ1) is 5.79. The first-order valence-corrected chi connectivity index (χ1v) is 4.49. The molecule has 65 valence electrons. The fraction of sp³-hybridized carbons (Fsp3) is 0.364. The van der Waals surface area contributed by atoms with Crippen molar-refractivity contribution in [3.05, 3.63) is 41.4 Å². The van der Waals surface area contributed by atoms with Crippen LogP contribution in [0.1, 0.15) is 31.4 Å². The van der Waals surface area contributed by atoms with Gasteiger partial charge in [0.1, 0.15) is 0 Å². The average Bonchev–Trinajstić information content (AvgIpc) is 2.16. The highest BCUT2D eigenvalue weighted by Gasteiger charge is 2.07. The maximum absolute atomic E-state index is 5.89. The van der Waals surface area contributed by atoms with E-state index in [2.05, 4.69) is 32.0 Å². The van der Waals surface area contributed by atoms with Crippen molar-refractivity contribution in [1.82, 2.24) is 0 Å². The highest BCUT2D eigenvalue weighted by atomic mass is 14.6. The topological polar surface area (TPSA) is 26.0 Å². The SMILES string of the molecule is CC[C](N)c1ccccc1CC. The fourth-order valence-corrected chi connectivity index (χ4v) is 1.33. The summed E-state index contributed by atoms with van der Waals surface area (Å²) in [4.78, 5) is 0. The number of hydrogen-bond donors (Lipinski definition) is 1. The highest BCUT2D eigenvalue weighted by molar-refractivity contribution is 5.36. The largest absolute Gasteiger partial charge is 0.320 e. The van der Waals surface area contributed by atoms with Crippen LogP contribution in [0, 0.1) is 6.04 Å². The van der Waals surface area contributed by atoms with Gasteiger partial charge in [-0.2, -0.15) is 0 Å². The van der Waals surface area contributed by atoms with Crippen molar-refractivity contribution in [2.45, 2.75) is 26.7 Å². The third-order valence-corrected chi connectivity index (χ3v) is 2.13. The van der Waals surface area contributed by atoms with Crippen molar-refractivity contribution in [2.24, 2.45) is 5.73 Å². The Morgan fingerprint density at radius 2 is 1.92 bits per heavy atom. The van der Waals surface area contributed by atoms with Crippen LogP contribution in [0.25, 0.3) is 0 Å². The van der Waals surface area contributed by atoms with Gasteiger partial charge in [-0.05, 0) is 24.0 Å². The van der Waals surface area contributed by atoms with Crippen LogP contribution < -0.4 is 5.73 Å². The molecule has 1 nitrogen and oxygen atoms in total. The second kappa shape index (κ2) is 4.27. The quantitative estimate of drug-likeness (QED) is 0.726. The van der Waals surface area contributed by atoms with Crippen LogP contribution in [0.15, 0.2) is 24.3 Å². The molecule has 0 aliphatic rings. The standard InChI is InChI=1S/C11H16N/c1-3-9-7-5-6-8-10(9)11(12)4-2/h5-8H,3-4,12H2,1-2H3. The normalized spacial score (nSPS) is 10.7. The highest BCUT2D eigenvalue weighted by Crippen LogP contribution is 2.17. The van der Waals surface area contributed by atoms with Gasteiger partial charge in [-0.3, -0.25) is 0 Å². The summed E-state index contributed by atoms with van der Waals surface area (Å²) in [5.41, 5.74) is 8.46. The van der Waals surface area contributed by atoms with Gasteiger partial charge in [-0.15, -0.1) is 0 Å². The Hall–Kier alpha value is -0.820. The minimum atomic E-state index is 0.928. The maximum Gasteiger partial charge on any atom is 0.0634 e. The lowest BCUT2D eigenvalue weighted by Gasteiger charge is -2.12. The summed E-state index contributed by atoms with van der Waals surface area (Å²) in [5.74, 6) is 0. The van der Waals surface area contributed by atoms with Crippen molar-refractivity contribution in [1.29, 1.82) is 0 Å². The Morgan fingerprint density at radius 3 is 2.50 bits per heavy atom. The second-order valence-electron chi connectivity index (χ2n) is 2.89. The molecule has 0 spiro atoms. The summed E-state index contributed by atoms with van der Waals surface area (Å²) in [5, 5.41) is 0. The molecule has 1 rings (SSSR count). The zero-order chi connectivity index (χ0) is 8.97.